The smallest absolute Gasteiger partial charge is 0.306 e. The van der Waals surface area contributed by atoms with Crippen LogP contribution in [0, 0.1) is 6.92 Å². The molecule has 110 valence electrons. The minimum Gasteiger partial charge on any atom is -0.460 e. The molecule has 1 rings (SSSR count). The summed E-state index contributed by atoms with van der Waals surface area (Å²) in [5.74, 6) is -0.487. The Morgan fingerprint density at radius 3 is 2.25 bits per heavy atom. The molecule has 0 atom stereocenters. The maximum atomic E-state index is 11.6. The van der Waals surface area contributed by atoms with Crippen molar-refractivity contribution in [2.45, 2.75) is 52.7 Å². The molecule has 0 aliphatic rings. The lowest BCUT2D eigenvalue weighted by Crippen LogP contribution is -2.26. The molecule has 1 aromatic rings. The standard InChI is InChI=1S/C16H23NO3/c1-12-5-7-13(8-6-12)11-17-14(18)9-10-15(19)20-16(2,3)4/h5-8H,9-11H2,1-4H3,(H,17,18). The molecule has 4 nitrogen and oxygen atoms in total. The van der Waals surface area contributed by atoms with Gasteiger partial charge in [0.1, 0.15) is 5.60 Å². The van der Waals surface area contributed by atoms with Gasteiger partial charge in [0.15, 0.2) is 0 Å². The molecule has 4 heteroatoms. The topological polar surface area (TPSA) is 55.4 Å². The summed E-state index contributed by atoms with van der Waals surface area (Å²) in [6, 6.07) is 7.96. The summed E-state index contributed by atoms with van der Waals surface area (Å²) in [4.78, 5) is 23.1. The third-order valence-corrected chi connectivity index (χ3v) is 2.59. The van der Waals surface area contributed by atoms with Crippen LogP contribution in [0.1, 0.15) is 44.7 Å². The van der Waals surface area contributed by atoms with E-state index in [1.54, 1.807) is 0 Å². The lowest BCUT2D eigenvalue weighted by Gasteiger charge is -2.19. The lowest BCUT2D eigenvalue weighted by atomic mass is 10.1. The van der Waals surface area contributed by atoms with Crippen molar-refractivity contribution in [3.05, 3.63) is 35.4 Å². The van der Waals surface area contributed by atoms with Crippen LogP contribution in [0.3, 0.4) is 0 Å². The summed E-state index contributed by atoms with van der Waals surface area (Å²) in [6.45, 7) is 7.92. The molecule has 0 radical (unpaired) electrons. The van der Waals surface area contributed by atoms with Crippen LogP contribution in [0.2, 0.25) is 0 Å². The lowest BCUT2D eigenvalue weighted by molar-refractivity contribution is -0.155. The van der Waals surface area contributed by atoms with Crippen molar-refractivity contribution in [2.24, 2.45) is 0 Å². The number of nitrogens with one attached hydrogen (secondary N) is 1. The molecule has 0 saturated heterocycles. The number of hydrogen-bond donors (Lipinski definition) is 1. The van der Waals surface area contributed by atoms with Gasteiger partial charge in [-0.1, -0.05) is 29.8 Å². The van der Waals surface area contributed by atoms with Gasteiger partial charge in [0.2, 0.25) is 5.91 Å². The number of carbonyl (C=O) groups excluding carboxylic acids is 2. The van der Waals surface area contributed by atoms with Crippen molar-refractivity contribution < 1.29 is 14.3 Å². The number of esters is 1. The van der Waals surface area contributed by atoms with Gasteiger partial charge in [-0.25, -0.2) is 0 Å². The molecular weight excluding hydrogens is 254 g/mol. The van der Waals surface area contributed by atoms with Crippen LogP contribution in [-0.4, -0.2) is 17.5 Å². The molecule has 1 aromatic carbocycles. The molecule has 20 heavy (non-hydrogen) atoms. The molecule has 0 aromatic heterocycles. The second kappa shape index (κ2) is 7.08. The molecule has 1 amide bonds. The number of carbonyl (C=O) groups is 2. The van der Waals surface area contributed by atoms with Crippen molar-refractivity contribution in [1.29, 1.82) is 0 Å². The van der Waals surface area contributed by atoms with E-state index in [4.69, 9.17) is 4.74 Å². The summed E-state index contributed by atoms with van der Waals surface area (Å²) in [7, 11) is 0. The zero-order chi connectivity index (χ0) is 15.2. The predicted molar refractivity (Wildman–Crippen MR) is 78.1 cm³/mol. The average Bonchev–Trinajstić information content (AvgIpc) is 2.33. The summed E-state index contributed by atoms with van der Waals surface area (Å²) < 4.78 is 5.15. The zero-order valence-electron chi connectivity index (χ0n) is 12.7. The SMILES string of the molecule is Cc1ccc(CNC(=O)CCC(=O)OC(C)(C)C)cc1. The quantitative estimate of drug-likeness (QED) is 0.842. The molecule has 0 fully saturated rings. The van der Waals surface area contributed by atoms with Crippen molar-refractivity contribution in [1.82, 2.24) is 5.32 Å². The van der Waals surface area contributed by atoms with Crippen LogP contribution < -0.4 is 5.32 Å². The first kappa shape index (κ1) is 16.2. The number of ether oxygens (including phenoxy) is 1. The van der Waals surface area contributed by atoms with E-state index in [0.29, 0.717) is 6.54 Å². The van der Waals surface area contributed by atoms with Gasteiger partial charge in [-0.2, -0.15) is 0 Å². The number of rotatable bonds is 5. The Labute approximate surface area is 120 Å². The van der Waals surface area contributed by atoms with Crippen LogP contribution in [0.5, 0.6) is 0 Å². The van der Waals surface area contributed by atoms with Gasteiger partial charge in [-0.3, -0.25) is 9.59 Å². The van der Waals surface area contributed by atoms with Gasteiger partial charge < -0.3 is 10.1 Å². The van der Waals surface area contributed by atoms with Crippen molar-refractivity contribution >= 4 is 11.9 Å². The Kier molecular flexibility index (Phi) is 5.74. The van der Waals surface area contributed by atoms with Gasteiger partial charge in [0.05, 0.1) is 6.42 Å². The molecule has 1 N–H and O–H groups in total. The van der Waals surface area contributed by atoms with Crippen molar-refractivity contribution in [3.8, 4) is 0 Å². The highest BCUT2D eigenvalue weighted by atomic mass is 16.6. The second-order valence-electron chi connectivity index (χ2n) is 5.85. The molecule has 0 aliphatic heterocycles. The Morgan fingerprint density at radius 1 is 1.10 bits per heavy atom. The molecule has 0 spiro atoms. The number of amides is 1. The Morgan fingerprint density at radius 2 is 1.70 bits per heavy atom. The van der Waals surface area contributed by atoms with Crippen LogP contribution in [0.15, 0.2) is 24.3 Å². The van der Waals surface area contributed by atoms with Gasteiger partial charge in [-0.15, -0.1) is 0 Å². The number of benzene rings is 1. The van der Waals surface area contributed by atoms with E-state index in [1.165, 1.54) is 5.56 Å². The summed E-state index contributed by atoms with van der Waals surface area (Å²) in [5.41, 5.74) is 1.72. The predicted octanol–water partition coefficient (Wildman–Crippen LogP) is 2.73. The third kappa shape index (κ3) is 6.92. The van der Waals surface area contributed by atoms with Crippen LogP contribution in [0.4, 0.5) is 0 Å². The third-order valence-electron chi connectivity index (χ3n) is 2.59. The normalized spacial score (nSPS) is 11.0. The molecule has 0 saturated carbocycles. The summed E-state index contributed by atoms with van der Waals surface area (Å²) in [6.07, 6.45) is 0.262. The molecule has 0 aliphatic carbocycles. The fourth-order valence-electron chi connectivity index (χ4n) is 1.60. The highest BCUT2D eigenvalue weighted by molar-refractivity contribution is 5.81. The van der Waals surface area contributed by atoms with Crippen LogP contribution >= 0.6 is 0 Å². The fourth-order valence-corrected chi connectivity index (χ4v) is 1.60. The second-order valence-corrected chi connectivity index (χ2v) is 5.85. The van der Waals surface area contributed by atoms with Crippen molar-refractivity contribution in [2.75, 3.05) is 0 Å². The van der Waals surface area contributed by atoms with Gasteiger partial charge in [0.25, 0.3) is 0 Å². The first-order valence-electron chi connectivity index (χ1n) is 6.80. The van der Waals surface area contributed by atoms with E-state index in [9.17, 15) is 9.59 Å². The average molecular weight is 277 g/mol. The van der Waals surface area contributed by atoms with E-state index >= 15 is 0 Å². The number of hydrogen-bond acceptors (Lipinski definition) is 3. The van der Waals surface area contributed by atoms with E-state index < -0.39 is 5.60 Å². The molecule has 0 bridgehead atoms. The van der Waals surface area contributed by atoms with Crippen LogP contribution in [-0.2, 0) is 20.9 Å². The maximum Gasteiger partial charge on any atom is 0.306 e. The molecule has 0 unspecified atom stereocenters. The molecular formula is C16H23NO3. The van der Waals surface area contributed by atoms with E-state index in [-0.39, 0.29) is 24.7 Å². The highest BCUT2D eigenvalue weighted by Crippen LogP contribution is 2.09. The number of aryl methyl sites for hydroxylation is 1. The largest absolute Gasteiger partial charge is 0.460 e. The van der Waals surface area contributed by atoms with Gasteiger partial charge in [-0.05, 0) is 33.3 Å². The first-order chi connectivity index (χ1) is 9.26. The van der Waals surface area contributed by atoms with E-state index in [1.807, 2.05) is 52.0 Å². The van der Waals surface area contributed by atoms with Gasteiger partial charge in [0, 0.05) is 13.0 Å². The minimum atomic E-state index is -0.505. The van der Waals surface area contributed by atoms with Crippen LogP contribution in [0.25, 0.3) is 0 Å². The maximum absolute atomic E-state index is 11.6. The Balaban J connectivity index is 2.27. The highest BCUT2D eigenvalue weighted by Gasteiger charge is 2.16. The summed E-state index contributed by atoms with van der Waals surface area (Å²) >= 11 is 0. The van der Waals surface area contributed by atoms with Gasteiger partial charge >= 0.3 is 5.97 Å². The first-order valence-corrected chi connectivity index (χ1v) is 6.80. The molecule has 0 heterocycles. The van der Waals surface area contributed by atoms with E-state index in [0.717, 1.165) is 5.56 Å². The summed E-state index contributed by atoms with van der Waals surface area (Å²) in [5, 5.41) is 2.79. The van der Waals surface area contributed by atoms with Crippen molar-refractivity contribution in [3.63, 3.8) is 0 Å². The fraction of sp³-hybridized carbons (Fsp3) is 0.500. The Bertz CT molecular complexity index is 458. The minimum absolute atomic E-state index is 0.108. The Hall–Kier alpha value is -1.84. The van der Waals surface area contributed by atoms with E-state index in [2.05, 4.69) is 5.32 Å². The monoisotopic (exact) mass is 277 g/mol. The zero-order valence-corrected chi connectivity index (χ0v) is 12.7.